The Bertz CT molecular complexity index is 583. The highest BCUT2D eigenvalue weighted by molar-refractivity contribution is 5.94. The summed E-state index contributed by atoms with van der Waals surface area (Å²) in [6, 6.07) is 7.18. The van der Waals surface area contributed by atoms with Gasteiger partial charge in [-0.1, -0.05) is 17.9 Å². The van der Waals surface area contributed by atoms with Gasteiger partial charge in [0.15, 0.2) is 0 Å². The van der Waals surface area contributed by atoms with Gasteiger partial charge in [0, 0.05) is 30.1 Å². The number of carbonyl (C=O) groups excluding carboxylic acids is 2. The van der Waals surface area contributed by atoms with Gasteiger partial charge in [-0.15, -0.1) is 0 Å². The average Bonchev–Trinajstić information content (AvgIpc) is 3.29. The molecule has 2 rings (SSSR count). The van der Waals surface area contributed by atoms with Gasteiger partial charge in [0.25, 0.3) is 5.91 Å². The molecular weight excluding hydrogens is 268 g/mol. The number of nitrogens with one attached hydrogen (secondary N) is 2. The van der Waals surface area contributed by atoms with Crippen molar-refractivity contribution in [1.82, 2.24) is 10.6 Å². The molecule has 5 nitrogen and oxygen atoms in total. The highest BCUT2D eigenvalue weighted by Crippen LogP contribution is 2.18. The Morgan fingerprint density at radius 2 is 2.14 bits per heavy atom. The van der Waals surface area contributed by atoms with E-state index in [1.165, 1.54) is 0 Å². The summed E-state index contributed by atoms with van der Waals surface area (Å²) < 4.78 is 0. The maximum absolute atomic E-state index is 11.9. The quantitative estimate of drug-likeness (QED) is 0.687. The first-order valence-corrected chi connectivity index (χ1v) is 6.96. The number of aliphatic hydroxyl groups is 1. The van der Waals surface area contributed by atoms with Crippen molar-refractivity contribution in [2.24, 2.45) is 0 Å². The van der Waals surface area contributed by atoms with Crippen LogP contribution in [0.15, 0.2) is 24.3 Å². The second-order valence-corrected chi connectivity index (χ2v) is 4.89. The van der Waals surface area contributed by atoms with Gasteiger partial charge >= 0.3 is 0 Å². The van der Waals surface area contributed by atoms with Crippen molar-refractivity contribution in [2.75, 3.05) is 13.2 Å². The molecule has 1 fully saturated rings. The molecule has 0 heterocycles. The average molecular weight is 286 g/mol. The molecule has 0 spiro atoms. The molecule has 0 bridgehead atoms. The topological polar surface area (TPSA) is 78.4 Å². The number of hydrogen-bond donors (Lipinski definition) is 3. The third-order valence-electron chi connectivity index (χ3n) is 3.02. The first-order chi connectivity index (χ1) is 10.2. The fourth-order valence-corrected chi connectivity index (χ4v) is 1.80. The minimum absolute atomic E-state index is 0.0274. The first kappa shape index (κ1) is 15.1. The molecular formula is C16H18N2O3. The minimum Gasteiger partial charge on any atom is -0.384 e. The van der Waals surface area contributed by atoms with Crippen molar-refractivity contribution in [2.45, 2.75) is 25.3 Å². The van der Waals surface area contributed by atoms with Crippen LogP contribution in [0.4, 0.5) is 0 Å². The third kappa shape index (κ3) is 5.28. The standard InChI is InChI=1S/C16H18N2O3/c19-10-2-4-12-3-1-5-13(11-12)16(21)17-9-8-15(20)18-14-6-7-14/h1,3,5,11,14,19H,6-10H2,(H,17,21)(H,18,20). The highest BCUT2D eigenvalue weighted by Gasteiger charge is 2.22. The highest BCUT2D eigenvalue weighted by atomic mass is 16.2. The molecule has 1 aliphatic rings. The van der Waals surface area contributed by atoms with Crippen molar-refractivity contribution < 1.29 is 14.7 Å². The van der Waals surface area contributed by atoms with E-state index in [0.717, 1.165) is 12.8 Å². The number of benzene rings is 1. The lowest BCUT2D eigenvalue weighted by atomic mass is 10.1. The molecule has 5 heteroatoms. The number of amides is 2. The van der Waals surface area contributed by atoms with Crippen LogP contribution >= 0.6 is 0 Å². The maximum atomic E-state index is 11.9. The van der Waals surface area contributed by atoms with Gasteiger partial charge in [-0.25, -0.2) is 0 Å². The van der Waals surface area contributed by atoms with E-state index in [1.807, 2.05) is 0 Å². The fraction of sp³-hybridized carbons (Fsp3) is 0.375. The second-order valence-electron chi connectivity index (χ2n) is 4.89. The van der Waals surface area contributed by atoms with Crippen molar-refractivity contribution >= 4 is 11.8 Å². The summed E-state index contributed by atoms with van der Waals surface area (Å²) in [6.07, 6.45) is 2.39. The smallest absolute Gasteiger partial charge is 0.251 e. The van der Waals surface area contributed by atoms with Crippen LogP contribution in [0, 0.1) is 11.8 Å². The predicted octanol–water partition coefficient (Wildman–Crippen LogP) is 0.429. The molecule has 0 aliphatic heterocycles. The largest absolute Gasteiger partial charge is 0.384 e. The van der Waals surface area contributed by atoms with Crippen LogP contribution in [0.1, 0.15) is 35.2 Å². The summed E-state index contributed by atoms with van der Waals surface area (Å²) >= 11 is 0. The molecule has 2 amide bonds. The second kappa shape index (κ2) is 7.46. The van der Waals surface area contributed by atoms with E-state index >= 15 is 0 Å². The predicted molar refractivity (Wildman–Crippen MR) is 78.5 cm³/mol. The zero-order valence-corrected chi connectivity index (χ0v) is 11.7. The van der Waals surface area contributed by atoms with Crippen molar-refractivity contribution in [3.63, 3.8) is 0 Å². The number of aliphatic hydroxyl groups excluding tert-OH is 1. The Morgan fingerprint density at radius 1 is 1.33 bits per heavy atom. The molecule has 21 heavy (non-hydrogen) atoms. The summed E-state index contributed by atoms with van der Waals surface area (Å²) in [5.74, 6) is 5.02. The van der Waals surface area contributed by atoms with Crippen LogP contribution in [-0.2, 0) is 4.79 Å². The van der Waals surface area contributed by atoms with E-state index in [-0.39, 0.29) is 24.8 Å². The summed E-state index contributed by atoms with van der Waals surface area (Å²) in [4.78, 5) is 23.4. The van der Waals surface area contributed by atoms with Crippen LogP contribution in [-0.4, -0.2) is 36.1 Å². The molecule has 0 saturated heterocycles. The molecule has 1 aromatic carbocycles. The van der Waals surface area contributed by atoms with E-state index in [9.17, 15) is 9.59 Å². The maximum Gasteiger partial charge on any atom is 0.251 e. The molecule has 0 radical (unpaired) electrons. The number of rotatable bonds is 5. The summed E-state index contributed by atoms with van der Waals surface area (Å²) in [7, 11) is 0. The molecule has 1 saturated carbocycles. The molecule has 0 aromatic heterocycles. The van der Waals surface area contributed by atoms with E-state index in [4.69, 9.17) is 5.11 Å². The van der Waals surface area contributed by atoms with Crippen molar-refractivity contribution in [3.8, 4) is 11.8 Å². The van der Waals surface area contributed by atoms with Crippen molar-refractivity contribution in [1.29, 1.82) is 0 Å². The first-order valence-electron chi connectivity index (χ1n) is 6.96. The number of hydrogen-bond acceptors (Lipinski definition) is 3. The van der Waals surface area contributed by atoms with Gasteiger partial charge in [-0.2, -0.15) is 0 Å². The molecule has 0 atom stereocenters. The van der Waals surface area contributed by atoms with Crippen LogP contribution < -0.4 is 10.6 Å². The van der Waals surface area contributed by atoms with Gasteiger partial charge in [0.2, 0.25) is 5.91 Å². The SMILES string of the molecule is O=C(CCNC(=O)c1cccc(C#CCO)c1)NC1CC1. The summed E-state index contributed by atoms with van der Waals surface area (Å²) in [5.41, 5.74) is 1.16. The minimum atomic E-state index is -0.234. The Balaban J connectivity index is 1.80. The zero-order chi connectivity index (χ0) is 15.1. The number of carbonyl (C=O) groups is 2. The lowest BCUT2D eigenvalue weighted by molar-refractivity contribution is -0.121. The molecule has 3 N–H and O–H groups in total. The summed E-state index contributed by atoms with van der Waals surface area (Å²) in [6.45, 7) is 0.0937. The van der Waals surface area contributed by atoms with Crippen molar-refractivity contribution in [3.05, 3.63) is 35.4 Å². The van der Waals surface area contributed by atoms with Gasteiger partial charge in [-0.05, 0) is 31.0 Å². The van der Waals surface area contributed by atoms with E-state index < -0.39 is 0 Å². The fourth-order valence-electron chi connectivity index (χ4n) is 1.80. The monoisotopic (exact) mass is 286 g/mol. The van der Waals surface area contributed by atoms with E-state index in [1.54, 1.807) is 24.3 Å². The van der Waals surface area contributed by atoms with E-state index in [0.29, 0.717) is 23.7 Å². The van der Waals surface area contributed by atoms with Gasteiger partial charge in [0.1, 0.15) is 6.61 Å². The lowest BCUT2D eigenvalue weighted by Crippen LogP contribution is -2.31. The van der Waals surface area contributed by atoms with Gasteiger partial charge < -0.3 is 15.7 Å². The molecule has 1 aliphatic carbocycles. The van der Waals surface area contributed by atoms with Crippen LogP contribution in [0.25, 0.3) is 0 Å². The zero-order valence-electron chi connectivity index (χ0n) is 11.7. The van der Waals surface area contributed by atoms with E-state index in [2.05, 4.69) is 22.5 Å². The molecule has 1 aromatic rings. The normalized spacial score (nSPS) is 13.0. The van der Waals surface area contributed by atoms with Gasteiger partial charge in [-0.3, -0.25) is 9.59 Å². The Labute approximate surface area is 123 Å². The summed E-state index contributed by atoms with van der Waals surface area (Å²) in [5, 5.41) is 14.2. The van der Waals surface area contributed by atoms with Crippen LogP contribution in [0.5, 0.6) is 0 Å². The molecule has 0 unspecified atom stereocenters. The Hall–Kier alpha value is -2.32. The Morgan fingerprint density at radius 3 is 2.86 bits per heavy atom. The van der Waals surface area contributed by atoms with Crippen LogP contribution in [0.3, 0.4) is 0 Å². The third-order valence-corrected chi connectivity index (χ3v) is 3.02. The lowest BCUT2D eigenvalue weighted by Gasteiger charge is -2.06. The van der Waals surface area contributed by atoms with Gasteiger partial charge in [0.05, 0.1) is 0 Å². The van der Waals surface area contributed by atoms with Crippen LogP contribution in [0.2, 0.25) is 0 Å². The Kier molecular flexibility index (Phi) is 5.35. The molecule has 110 valence electrons.